The smallest absolute Gasteiger partial charge is 0.104 e. The third-order valence-electron chi connectivity index (χ3n) is 7.19. The van der Waals surface area contributed by atoms with Crippen molar-refractivity contribution in [3.8, 4) is 11.1 Å². The van der Waals surface area contributed by atoms with E-state index in [2.05, 4.69) is 82.1 Å². The van der Waals surface area contributed by atoms with E-state index in [1.807, 2.05) is 13.8 Å². The lowest BCUT2D eigenvalue weighted by atomic mass is 9.95. The van der Waals surface area contributed by atoms with Gasteiger partial charge >= 0.3 is 0 Å². The number of benzene rings is 5. The first-order chi connectivity index (χ1) is 17.1. The number of hydrogen-bond acceptors (Lipinski definition) is 3. The zero-order valence-electron chi connectivity index (χ0n) is 19.2. The highest BCUT2D eigenvalue weighted by atomic mass is 32.1. The fourth-order valence-electron chi connectivity index (χ4n) is 5.64. The second kappa shape index (κ2) is 6.68. The maximum atomic E-state index is 4.77. The van der Waals surface area contributed by atoms with Crippen LogP contribution in [0.3, 0.4) is 0 Å². The van der Waals surface area contributed by atoms with Crippen molar-refractivity contribution in [2.75, 3.05) is 0 Å². The van der Waals surface area contributed by atoms with Gasteiger partial charge in [0.2, 0.25) is 0 Å². The summed E-state index contributed by atoms with van der Waals surface area (Å²) in [5, 5.41) is 10.8. The first-order valence-electron chi connectivity index (χ1n) is 11.8. The van der Waals surface area contributed by atoms with E-state index in [1.54, 1.807) is 11.3 Å². The molecule has 166 valence electrons. The summed E-state index contributed by atoms with van der Waals surface area (Å²) in [6.45, 7) is 4.03. The predicted octanol–water partition coefficient (Wildman–Crippen LogP) is 8.40. The van der Waals surface area contributed by atoms with Crippen molar-refractivity contribution in [2.45, 2.75) is 13.8 Å². The van der Waals surface area contributed by atoms with E-state index in [1.165, 1.54) is 53.5 Å². The van der Waals surface area contributed by atoms with E-state index in [0.29, 0.717) is 0 Å². The van der Waals surface area contributed by atoms with Gasteiger partial charge in [-0.2, -0.15) is 0 Å². The summed E-state index contributed by atoms with van der Waals surface area (Å²) >= 11 is 1.79. The number of rotatable bonds is 1. The van der Waals surface area contributed by atoms with Crippen molar-refractivity contribution in [3.63, 3.8) is 0 Å². The van der Waals surface area contributed by atoms with Gasteiger partial charge in [0, 0.05) is 26.2 Å². The minimum atomic E-state index is 0.946. The van der Waals surface area contributed by atoms with Gasteiger partial charge in [0.05, 0.1) is 22.1 Å². The second-order valence-electron chi connectivity index (χ2n) is 9.35. The molecule has 0 aliphatic heterocycles. The molecule has 0 bridgehead atoms. The van der Waals surface area contributed by atoms with Crippen molar-refractivity contribution in [3.05, 3.63) is 83.8 Å². The number of nitrogens with zero attached hydrogens (tertiary/aromatic N) is 2. The largest absolute Gasteiger partial charge is 0.342 e. The molecule has 5 heteroatoms. The number of nitrogens with one attached hydrogen (secondary N) is 2. The number of aromatic amines is 2. The van der Waals surface area contributed by atoms with Crippen LogP contribution in [0, 0.1) is 13.8 Å². The molecule has 0 aliphatic rings. The molecule has 5 aromatic carbocycles. The highest BCUT2D eigenvalue weighted by molar-refractivity contribution is 7.18. The molecule has 8 rings (SSSR count). The molecule has 35 heavy (non-hydrogen) atoms. The lowest BCUT2D eigenvalue weighted by Crippen LogP contribution is -1.84. The van der Waals surface area contributed by atoms with Crippen LogP contribution < -0.4 is 0 Å². The Morgan fingerprint density at radius 1 is 0.600 bits per heavy atom. The summed E-state index contributed by atoms with van der Waals surface area (Å²) in [5.41, 5.74) is 6.77. The van der Waals surface area contributed by atoms with E-state index in [-0.39, 0.29) is 0 Å². The lowest BCUT2D eigenvalue weighted by Gasteiger charge is -2.10. The molecule has 0 saturated carbocycles. The summed E-state index contributed by atoms with van der Waals surface area (Å²) in [4.78, 5) is 16.3. The second-order valence-corrected chi connectivity index (χ2v) is 10.3. The highest BCUT2D eigenvalue weighted by Gasteiger charge is 2.14. The van der Waals surface area contributed by atoms with Gasteiger partial charge < -0.3 is 9.97 Å². The van der Waals surface area contributed by atoms with Gasteiger partial charge in [0.25, 0.3) is 0 Å². The Morgan fingerprint density at radius 3 is 2.26 bits per heavy atom. The maximum absolute atomic E-state index is 4.77. The molecule has 0 saturated heterocycles. The Morgan fingerprint density at radius 2 is 1.34 bits per heavy atom. The molecule has 3 heterocycles. The molecule has 8 aromatic rings. The number of fused-ring (bicyclic) bond motifs is 11. The van der Waals surface area contributed by atoms with Crippen molar-refractivity contribution in [2.24, 2.45) is 0 Å². The molecule has 0 radical (unpaired) electrons. The van der Waals surface area contributed by atoms with Crippen LogP contribution in [-0.2, 0) is 0 Å². The first-order valence-corrected chi connectivity index (χ1v) is 12.6. The van der Waals surface area contributed by atoms with Gasteiger partial charge in [-0.3, -0.25) is 0 Å². The fourth-order valence-corrected chi connectivity index (χ4v) is 6.57. The molecule has 0 unspecified atom stereocenters. The van der Waals surface area contributed by atoms with E-state index < -0.39 is 0 Å². The van der Waals surface area contributed by atoms with Gasteiger partial charge in [-0.15, -0.1) is 11.3 Å². The SMILES string of the molecule is Cc1nc2c(ccc3c4ccc(-c5ccc6c(c5)c5sccc5c5nc(C)[nH]c65)cc4ccc32)[nH]1. The molecule has 0 amide bonds. The highest BCUT2D eigenvalue weighted by Crippen LogP contribution is 2.39. The Bertz CT molecular complexity index is 2140. The topological polar surface area (TPSA) is 57.4 Å². The van der Waals surface area contributed by atoms with E-state index in [4.69, 9.17) is 9.97 Å². The van der Waals surface area contributed by atoms with Crippen LogP contribution in [0.4, 0.5) is 0 Å². The minimum absolute atomic E-state index is 0.946. The van der Waals surface area contributed by atoms with Crippen LogP contribution in [0.25, 0.3) is 75.6 Å². The van der Waals surface area contributed by atoms with Gasteiger partial charge in [-0.05, 0) is 70.8 Å². The quantitative estimate of drug-likeness (QED) is 0.238. The molecular formula is C30H20N4S. The third kappa shape index (κ3) is 2.61. The molecule has 3 aromatic heterocycles. The Kier molecular flexibility index (Phi) is 3.65. The fraction of sp³-hybridized carbons (Fsp3) is 0.0667. The van der Waals surface area contributed by atoms with Crippen LogP contribution in [0.5, 0.6) is 0 Å². The van der Waals surface area contributed by atoms with Gasteiger partial charge in [0.1, 0.15) is 11.6 Å². The van der Waals surface area contributed by atoms with Crippen LogP contribution in [0.15, 0.2) is 72.1 Å². The summed E-state index contributed by atoms with van der Waals surface area (Å²) in [7, 11) is 0. The van der Waals surface area contributed by atoms with Crippen LogP contribution >= 0.6 is 11.3 Å². The van der Waals surface area contributed by atoms with Crippen LogP contribution in [-0.4, -0.2) is 19.9 Å². The van der Waals surface area contributed by atoms with Gasteiger partial charge in [0.15, 0.2) is 0 Å². The monoisotopic (exact) mass is 468 g/mol. The molecular weight excluding hydrogens is 448 g/mol. The average molecular weight is 469 g/mol. The molecule has 0 atom stereocenters. The van der Waals surface area contributed by atoms with E-state index in [0.717, 1.165) is 33.7 Å². The summed E-state index contributed by atoms with van der Waals surface area (Å²) in [6.07, 6.45) is 0. The lowest BCUT2D eigenvalue weighted by molar-refractivity contribution is 1.17. The van der Waals surface area contributed by atoms with E-state index >= 15 is 0 Å². The standard InChI is InChI=1S/C30H20N4S/c1-15-31-26-10-9-21-20-6-3-17(13-19(20)5-8-22(21)27(26)32-15)18-4-7-23-25(14-18)30-24(11-12-35-30)29-28(23)33-16(2)34-29/h3-14H,1-2H3,(H,31,32)(H,33,34). The Hall–Kier alpha value is -4.22. The van der Waals surface area contributed by atoms with Crippen LogP contribution in [0.2, 0.25) is 0 Å². The van der Waals surface area contributed by atoms with E-state index in [9.17, 15) is 0 Å². The van der Waals surface area contributed by atoms with Crippen molar-refractivity contribution in [1.29, 1.82) is 0 Å². The third-order valence-corrected chi connectivity index (χ3v) is 8.14. The first kappa shape index (κ1) is 19.1. The number of aryl methyl sites for hydroxylation is 2. The van der Waals surface area contributed by atoms with Gasteiger partial charge in [-0.1, -0.05) is 42.5 Å². The number of thiophene rings is 1. The summed E-state index contributed by atoms with van der Waals surface area (Å²) < 4.78 is 1.30. The number of H-pyrrole nitrogens is 2. The van der Waals surface area contributed by atoms with Crippen molar-refractivity contribution < 1.29 is 0 Å². The van der Waals surface area contributed by atoms with Gasteiger partial charge in [-0.25, -0.2) is 9.97 Å². The van der Waals surface area contributed by atoms with Crippen molar-refractivity contribution >= 4 is 75.8 Å². The predicted molar refractivity (Wildman–Crippen MR) is 149 cm³/mol. The molecule has 0 spiro atoms. The molecule has 4 nitrogen and oxygen atoms in total. The summed E-state index contributed by atoms with van der Waals surface area (Å²) in [6, 6.07) is 24.6. The Balaban J connectivity index is 1.36. The number of hydrogen-bond donors (Lipinski definition) is 2. The molecule has 0 aliphatic carbocycles. The number of aromatic nitrogens is 4. The maximum Gasteiger partial charge on any atom is 0.104 e. The van der Waals surface area contributed by atoms with Crippen LogP contribution in [0.1, 0.15) is 11.6 Å². The number of imidazole rings is 2. The minimum Gasteiger partial charge on any atom is -0.342 e. The van der Waals surface area contributed by atoms with Crippen molar-refractivity contribution in [1.82, 2.24) is 19.9 Å². The average Bonchev–Trinajstić information content (AvgIpc) is 3.60. The zero-order chi connectivity index (χ0) is 23.3. The summed E-state index contributed by atoms with van der Waals surface area (Å²) in [5.74, 6) is 1.90. The molecule has 0 fully saturated rings. The Labute approximate surface area is 204 Å². The molecule has 2 N–H and O–H groups in total. The normalized spacial score (nSPS) is 12.3. The zero-order valence-corrected chi connectivity index (χ0v) is 20.0.